The number of hydrogen-bond donors (Lipinski definition) is 0. The summed E-state index contributed by atoms with van der Waals surface area (Å²) in [6.07, 6.45) is 1.72. The maximum absolute atomic E-state index is 13.2. The Bertz CT molecular complexity index is 1190. The van der Waals surface area contributed by atoms with Gasteiger partial charge < -0.3 is 4.90 Å². The fourth-order valence-electron chi connectivity index (χ4n) is 4.08. The first kappa shape index (κ1) is 22.9. The summed E-state index contributed by atoms with van der Waals surface area (Å²) in [7, 11) is -7.45. The van der Waals surface area contributed by atoms with Crippen molar-refractivity contribution in [1.82, 2.24) is 8.61 Å². The molecule has 0 bridgehead atoms. The molecule has 2 aliphatic heterocycles. The van der Waals surface area contributed by atoms with E-state index in [1.54, 1.807) is 41.3 Å². The number of anilines is 1. The molecule has 0 atom stereocenters. The van der Waals surface area contributed by atoms with E-state index in [1.807, 2.05) is 6.92 Å². The zero-order valence-corrected chi connectivity index (χ0v) is 19.6. The van der Waals surface area contributed by atoms with Gasteiger partial charge in [-0.1, -0.05) is 17.7 Å². The lowest BCUT2D eigenvalue weighted by Gasteiger charge is -2.22. The molecule has 0 aromatic heterocycles. The highest BCUT2D eigenvalue weighted by Crippen LogP contribution is 2.26. The zero-order valence-electron chi connectivity index (χ0n) is 18.0. The summed E-state index contributed by atoms with van der Waals surface area (Å²) >= 11 is 0. The lowest BCUT2D eigenvalue weighted by Crippen LogP contribution is -2.37. The molecule has 2 aromatic carbocycles. The van der Waals surface area contributed by atoms with Crippen LogP contribution in [0.4, 0.5) is 5.69 Å². The van der Waals surface area contributed by atoms with Crippen molar-refractivity contribution in [3.63, 3.8) is 0 Å². The standard InChI is InChI=1S/C22H27N3O5S2/c1-18-5-9-20(10-6-18)31(27,28)23-13-3-14-24(17-16-23)32(29,30)21-11-7-19(8-12-21)25-15-2-4-22(25)26/h5-12H,2-4,13-17H2,1H3. The molecule has 2 saturated heterocycles. The van der Waals surface area contributed by atoms with Crippen LogP contribution in [0.1, 0.15) is 24.8 Å². The maximum Gasteiger partial charge on any atom is 0.243 e. The van der Waals surface area contributed by atoms with Crippen LogP contribution in [0.2, 0.25) is 0 Å². The van der Waals surface area contributed by atoms with Crippen LogP contribution >= 0.6 is 0 Å². The first-order valence-electron chi connectivity index (χ1n) is 10.7. The van der Waals surface area contributed by atoms with E-state index in [-0.39, 0.29) is 41.9 Å². The van der Waals surface area contributed by atoms with Gasteiger partial charge >= 0.3 is 0 Å². The van der Waals surface area contributed by atoms with Gasteiger partial charge in [-0.2, -0.15) is 8.61 Å². The lowest BCUT2D eigenvalue weighted by atomic mass is 10.2. The van der Waals surface area contributed by atoms with Gasteiger partial charge in [-0.05, 0) is 56.2 Å². The Labute approximate surface area is 189 Å². The van der Waals surface area contributed by atoms with Crippen molar-refractivity contribution >= 4 is 31.6 Å². The average Bonchev–Trinajstić information content (AvgIpc) is 3.04. The molecule has 0 aliphatic carbocycles. The second-order valence-electron chi connectivity index (χ2n) is 8.12. The summed E-state index contributed by atoms with van der Waals surface area (Å²) in [4.78, 5) is 13.9. The Morgan fingerprint density at radius 1 is 0.656 bits per heavy atom. The van der Waals surface area contributed by atoms with Gasteiger partial charge in [0.25, 0.3) is 0 Å². The number of rotatable bonds is 5. The van der Waals surface area contributed by atoms with E-state index in [2.05, 4.69) is 0 Å². The van der Waals surface area contributed by atoms with Crippen LogP contribution in [0.25, 0.3) is 0 Å². The van der Waals surface area contributed by atoms with Crippen molar-refractivity contribution in [1.29, 1.82) is 0 Å². The van der Waals surface area contributed by atoms with E-state index in [0.29, 0.717) is 25.1 Å². The number of benzene rings is 2. The van der Waals surface area contributed by atoms with Crippen LogP contribution < -0.4 is 4.90 Å². The van der Waals surface area contributed by atoms with E-state index in [0.717, 1.165) is 12.0 Å². The molecule has 0 unspecified atom stereocenters. The summed E-state index contributed by atoms with van der Waals surface area (Å²) in [6.45, 7) is 3.21. The molecule has 0 saturated carbocycles. The summed E-state index contributed by atoms with van der Waals surface area (Å²) < 4.78 is 55.0. The van der Waals surface area contributed by atoms with Gasteiger partial charge in [-0.25, -0.2) is 16.8 Å². The molecule has 2 fully saturated rings. The summed E-state index contributed by atoms with van der Waals surface area (Å²) in [5, 5.41) is 0. The Morgan fingerprint density at radius 3 is 1.62 bits per heavy atom. The molecule has 2 aromatic rings. The Kier molecular flexibility index (Phi) is 6.39. The number of sulfonamides is 2. The highest BCUT2D eigenvalue weighted by atomic mass is 32.2. The third-order valence-electron chi connectivity index (χ3n) is 5.93. The number of carbonyl (C=O) groups excluding carboxylic acids is 1. The number of aryl methyl sites for hydroxylation is 1. The summed E-state index contributed by atoms with van der Waals surface area (Å²) in [5.41, 5.74) is 1.66. The highest BCUT2D eigenvalue weighted by Gasteiger charge is 2.32. The Morgan fingerprint density at radius 2 is 1.16 bits per heavy atom. The smallest absolute Gasteiger partial charge is 0.243 e. The van der Waals surface area contributed by atoms with Crippen molar-refractivity contribution in [3.05, 3.63) is 54.1 Å². The minimum absolute atomic E-state index is 0.0444. The molecule has 1 amide bonds. The Hall–Kier alpha value is -2.27. The topological polar surface area (TPSA) is 95.1 Å². The van der Waals surface area contributed by atoms with Crippen molar-refractivity contribution in [2.45, 2.75) is 36.0 Å². The minimum atomic E-state index is -3.77. The monoisotopic (exact) mass is 477 g/mol. The highest BCUT2D eigenvalue weighted by molar-refractivity contribution is 7.89. The van der Waals surface area contributed by atoms with Crippen molar-refractivity contribution in [3.8, 4) is 0 Å². The summed E-state index contributed by atoms with van der Waals surface area (Å²) in [5.74, 6) is 0.0444. The maximum atomic E-state index is 13.2. The molecule has 172 valence electrons. The summed E-state index contributed by atoms with van der Waals surface area (Å²) in [6, 6.07) is 13.0. The third kappa shape index (κ3) is 4.45. The van der Waals surface area contributed by atoms with E-state index in [1.165, 1.54) is 20.7 Å². The molecule has 2 heterocycles. The second kappa shape index (κ2) is 8.93. The fourth-order valence-corrected chi connectivity index (χ4v) is 7.02. The van der Waals surface area contributed by atoms with Crippen LogP contribution in [0.5, 0.6) is 0 Å². The van der Waals surface area contributed by atoms with Crippen LogP contribution in [0.3, 0.4) is 0 Å². The molecular weight excluding hydrogens is 450 g/mol. The number of amides is 1. The molecule has 10 heteroatoms. The van der Waals surface area contributed by atoms with E-state index >= 15 is 0 Å². The van der Waals surface area contributed by atoms with Gasteiger partial charge in [0, 0.05) is 44.8 Å². The van der Waals surface area contributed by atoms with Gasteiger partial charge in [-0.15, -0.1) is 0 Å². The van der Waals surface area contributed by atoms with Gasteiger partial charge in [-0.3, -0.25) is 4.79 Å². The normalized spacial score (nSPS) is 19.3. The van der Waals surface area contributed by atoms with Gasteiger partial charge in [0.05, 0.1) is 9.79 Å². The molecule has 0 spiro atoms. The van der Waals surface area contributed by atoms with Crippen LogP contribution in [-0.2, 0) is 24.8 Å². The van der Waals surface area contributed by atoms with Crippen LogP contribution in [0, 0.1) is 6.92 Å². The first-order valence-corrected chi connectivity index (χ1v) is 13.5. The van der Waals surface area contributed by atoms with E-state index in [9.17, 15) is 21.6 Å². The quantitative estimate of drug-likeness (QED) is 0.658. The van der Waals surface area contributed by atoms with Gasteiger partial charge in [0.2, 0.25) is 26.0 Å². The predicted molar refractivity (Wildman–Crippen MR) is 121 cm³/mol. The molecule has 2 aliphatic rings. The van der Waals surface area contributed by atoms with Crippen LogP contribution in [0.15, 0.2) is 58.3 Å². The van der Waals surface area contributed by atoms with Crippen LogP contribution in [-0.4, -0.2) is 64.1 Å². The average molecular weight is 478 g/mol. The first-order chi connectivity index (χ1) is 15.2. The van der Waals surface area contributed by atoms with Gasteiger partial charge in [0.1, 0.15) is 0 Å². The zero-order chi connectivity index (χ0) is 22.9. The number of nitrogens with zero attached hydrogens (tertiary/aromatic N) is 3. The second-order valence-corrected chi connectivity index (χ2v) is 12.0. The molecule has 0 N–H and O–H groups in total. The van der Waals surface area contributed by atoms with E-state index in [4.69, 9.17) is 0 Å². The largest absolute Gasteiger partial charge is 0.312 e. The lowest BCUT2D eigenvalue weighted by molar-refractivity contribution is -0.117. The molecular formula is C22H27N3O5S2. The molecule has 8 nitrogen and oxygen atoms in total. The van der Waals surface area contributed by atoms with Crippen molar-refractivity contribution in [2.75, 3.05) is 37.6 Å². The van der Waals surface area contributed by atoms with Crippen molar-refractivity contribution in [2.24, 2.45) is 0 Å². The third-order valence-corrected chi connectivity index (χ3v) is 9.76. The number of hydrogen-bond acceptors (Lipinski definition) is 5. The fraction of sp³-hybridized carbons (Fsp3) is 0.409. The SMILES string of the molecule is Cc1ccc(S(=O)(=O)N2CCCN(S(=O)(=O)c3ccc(N4CCCC4=O)cc3)CC2)cc1. The van der Waals surface area contributed by atoms with Crippen molar-refractivity contribution < 1.29 is 21.6 Å². The number of carbonyl (C=O) groups is 1. The predicted octanol–water partition coefficient (Wildman–Crippen LogP) is 2.21. The molecule has 32 heavy (non-hydrogen) atoms. The minimum Gasteiger partial charge on any atom is -0.312 e. The molecule has 0 radical (unpaired) electrons. The van der Waals surface area contributed by atoms with E-state index < -0.39 is 20.0 Å². The Balaban J connectivity index is 1.48. The molecule has 4 rings (SSSR count). The van der Waals surface area contributed by atoms with Gasteiger partial charge in [0.15, 0.2) is 0 Å².